The number of aliphatic hydroxyl groups is 1. The van der Waals surface area contributed by atoms with Crippen LogP contribution in [0.1, 0.15) is 12.8 Å². The zero-order valence-electron chi connectivity index (χ0n) is 25.2. The van der Waals surface area contributed by atoms with E-state index < -0.39 is 30.7 Å². The third kappa shape index (κ3) is 6.56. The molecule has 0 bridgehead atoms. The molecule has 0 spiro atoms. The molecular weight excluding hydrogens is 622 g/mol. The van der Waals surface area contributed by atoms with Crippen molar-refractivity contribution in [3.8, 4) is 17.2 Å². The van der Waals surface area contributed by atoms with E-state index in [4.69, 9.17) is 9.47 Å². The Morgan fingerprint density at radius 3 is 2.49 bits per heavy atom. The van der Waals surface area contributed by atoms with Gasteiger partial charge in [-0.25, -0.2) is 19.3 Å². The molecule has 11 nitrogen and oxygen atoms in total. The maximum absolute atomic E-state index is 15.3. The first-order valence-electron chi connectivity index (χ1n) is 14.7. The molecule has 2 aromatic heterocycles. The fourth-order valence-electron chi connectivity index (χ4n) is 5.55. The number of methoxy groups -OCH3 is 1. The minimum absolute atomic E-state index is 0.0896. The van der Waals surface area contributed by atoms with Gasteiger partial charge in [0.05, 0.1) is 37.1 Å². The summed E-state index contributed by atoms with van der Waals surface area (Å²) in [4.78, 5) is 27.7. The topological polar surface area (TPSA) is 125 Å². The Morgan fingerprint density at radius 2 is 1.81 bits per heavy atom. The summed E-state index contributed by atoms with van der Waals surface area (Å²) >= 11 is 0. The highest BCUT2D eigenvalue weighted by Crippen LogP contribution is 2.40. The monoisotopic (exact) mass is 653 g/mol. The molecule has 1 amide bonds. The number of piperidine rings is 1. The molecule has 4 aromatic rings. The summed E-state index contributed by atoms with van der Waals surface area (Å²) in [5.41, 5.74) is -1.40. The van der Waals surface area contributed by atoms with Gasteiger partial charge in [0.1, 0.15) is 41.0 Å². The Bertz CT molecular complexity index is 1810. The van der Waals surface area contributed by atoms with Crippen molar-refractivity contribution in [2.75, 3.05) is 48.8 Å². The number of alkyl halides is 3. The number of fused-ring (bicyclic) bond motifs is 1. The first-order chi connectivity index (χ1) is 22.5. The van der Waals surface area contributed by atoms with Crippen LogP contribution >= 0.6 is 0 Å². The lowest BCUT2D eigenvalue weighted by Gasteiger charge is -2.47. The SMILES string of the molecule is C=CC(=O)N1CCC(Nc2cc3c(Nc4ccc(Oc5ccnc(N6CC(O)(C(F)(F)F)C6)c5)cc4F)ncnc3cc2OC)CC1. The van der Waals surface area contributed by atoms with Gasteiger partial charge in [0.25, 0.3) is 0 Å². The molecule has 15 heteroatoms. The molecule has 0 radical (unpaired) electrons. The van der Waals surface area contributed by atoms with Gasteiger partial charge >= 0.3 is 6.18 Å². The average Bonchev–Trinajstić information content (AvgIpc) is 3.04. The van der Waals surface area contributed by atoms with Crippen LogP contribution in [0.4, 0.5) is 40.6 Å². The summed E-state index contributed by atoms with van der Waals surface area (Å²) < 4.78 is 65.7. The molecular formula is C32H31F4N7O4. The van der Waals surface area contributed by atoms with Crippen molar-refractivity contribution < 1.29 is 36.9 Å². The van der Waals surface area contributed by atoms with E-state index in [9.17, 15) is 23.1 Å². The van der Waals surface area contributed by atoms with Crippen molar-refractivity contribution in [1.29, 1.82) is 0 Å². The molecule has 0 unspecified atom stereocenters. The van der Waals surface area contributed by atoms with E-state index >= 15 is 4.39 Å². The molecule has 2 aromatic carbocycles. The summed E-state index contributed by atoms with van der Waals surface area (Å²) in [6.07, 6.45) is 0.744. The van der Waals surface area contributed by atoms with Gasteiger partial charge in [-0.3, -0.25) is 4.79 Å². The van der Waals surface area contributed by atoms with Crippen molar-refractivity contribution in [3.05, 3.63) is 73.5 Å². The van der Waals surface area contributed by atoms with E-state index in [1.165, 1.54) is 47.8 Å². The standard InChI is InChI=1S/C32H31F4N7O4/c1-3-29(44)42-10-7-19(8-11-42)40-26-14-22-25(15-27(26)46-2)38-18-39-30(22)41-24-5-4-20(12-23(24)33)47-21-6-9-37-28(13-21)43-16-31(45,17-43)32(34,35)36/h3-6,9,12-15,18-19,40,45H,1,7-8,10-11,16-17H2,2H3,(H,38,39,41). The highest BCUT2D eigenvalue weighted by Gasteiger charge is 2.61. The normalized spacial score (nSPS) is 16.4. The molecule has 2 saturated heterocycles. The van der Waals surface area contributed by atoms with E-state index in [1.807, 2.05) is 6.07 Å². The molecule has 2 aliphatic rings. The molecule has 3 N–H and O–H groups in total. The van der Waals surface area contributed by atoms with Crippen molar-refractivity contribution in [1.82, 2.24) is 19.9 Å². The fourth-order valence-corrected chi connectivity index (χ4v) is 5.55. The number of hydrogen-bond donors (Lipinski definition) is 3. The number of β-amino-alcohol motifs (C(OH)–C–C–N with tert-alkyl or cyclic N) is 1. The van der Waals surface area contributed by atoms with Crippen LogP contribution in [0.15, 0.2) is 67.6 Å². The Morgan fingerprint density at radius 1 is 1.06 bits per heavy atom. The Balaban J connectivity index is 1.16. The number of likely N-dealkylation sites (tertiary alicyclic amines) is 1. The van der Waals surface area contributed by atoms with E-state index in [-0.39, 0.29) is 35.0 Å². The highest BCUT2D eigenvalue weighted by atomic mass is 19.4. The molecule has 47 heavy (non-hydrogen) atoms. The number of rotatable bonds is 9. The summed E-state index contributed by atoms with van der Waals surface area (Å²) in [6.45, 7) is 3.45. The second-order valence-corrected chi connectivity index (χ2v) is 11.3. The van der Waals surface area contributed by atoms with Crippen LogP contribution in [0, 0.1) is 5.82 Å². The van der Waals surface area contributed by atoms with Crippen LogP contribution in [0.2, 0.25) is 0 Å². The molecule has 2 aliphatic heterocycles. The molecule has 0 saturated carbocycles. The lowest BCUT2D eigenvalue weighted by molar-refractivity contribution is -0.267. The molecule has 0 aliphatic carbocycles. The van der Waals surface area contributed by atoms with Gasteiger partial charge in [-0.05, 0) is 43.2 Å². The average molecular weight is 654 g/mol. The van der Waals surface area contributed by atoms with Crippen molar-refractivity contribution in [2.24, 2.45) is 0 Å². The van der Waals surface area contributed by atoms with Gasteiger partial charge in [0.2, 0.25) is 5.91 Å². The minimum Gasteiger partial charge on any atom is -0.495 e. The smallest absolute Gasteiger partial charge is 0.420 e. The third-order valence-corrected chi connectivity index (χ3v) is 8.20. The van der Waals surface area contributed by atoms with E-state index in [0.717, 1.165) is 18.9 Å². The van der Waals surface area contributed by atoms with Gasteiger partial charge in [-0.15, -0.1) is 0 Å². The summed E-state index contributed by atoms with van der Waals surface area (Å²) in [5, 5.41) is 16.9. The first-order valence-corrected chi connectivity index (χ1v) is 14.7. The maximum Gasteiger partial charge on any atom is 0.420 e. The van der Waals surface area contributed by atoms with Gasteiger partial charge in [0, 0.05) is 48.9 Å². The molecule has 246 valence electrons. The van der Waals surface area contributed by atoms with E-state index in [2.05, 4.69) is 32.2 Å². The maximum atomic E-state index is 15.3. The number of benzene rings is 2. The number of hydrogen-bond acceptors (Lipinski definition) is 10. The van der Waals surface area contributed by atoms with E-state index in [1.54, 1.807) is 18.1 Å². The summed E-state index contributed by atoms with van der Waals surface area (Å²) in [6, 6.07) is 10.8. The van der Waals surface area contributed by atoms with Crippen molar-refractivity contribution >= 4 is 39.8 Å². The van der Waals surface area contributed by atoms with Gasteiger partial charge in [0.15, 0.2) is 5.60 Å². The first kappa shape index (κ1) is 31.8. The van der Waals surface area contributed by atoms with Crippen LogP contribution in [-0.4, -0.2) is 82.0 Å². The lowest BCUT2D eigenvalue weighted by atomic mass is 9.93. The largest absolute Gasteiger partial charge is 0.495 e. The van der Waals surface area contributed by atoms with Crippen molar-refractivity contribution in [3.63, 3.8) is 0 Å². The Hall–Kier alpha value is -5.18. The predicted molar refractivity (Wildman–Crippen MR) is 167 cm³/mol. The number of halogens is 4. The highest BCUT2D eigenvalue weighted by molar-refractivity contribution is 5.95. The van der Waals surface area contributed by atoms with Gasteiger partial charge < -0.3 is 35.0 Å². The lowest BCUT2D eigenvalue weighted by Crippen LogP contribution is -2.69. The quantitative estimate of drug-likeness (QED) is 0.160. The van der Waals surface area contributed by atoms with Crippen LogP contribution in [0.25, 0.3) is 10.9 Å². The minimum atomic E-state index is -4.75. The zero-order valence-corrected chi connectivity index (χ0v) is 25.2. The molecule has 6 rings (SSSR count). The number of nitrogens with one attached hydrogen (secondary N) is 2. The summed E-state index contributed by atoms with van der Waals surface area (Å²) in [7, 11) is 1.56. The molecule has 2 fully saturated rings. The zero-order chi connectivity index (χ0) is 33.3. The predicted octanol–water partition coefficient (Wildman–Crippen LogP) is 5.41. The Kier molecular flexibility index (Phi) is 8.49. The van der Waals surface area contributed by atoms with Crippen LogP contribution in [0.3, 0.4) is 0 Å². The number of carbonyl (C=O) groups is 1. The second-order valence-electron chi connectivity index (χ2n) is 11.3. The molecule has 4 heterocycles. The van der Waals surface area contributed by atoms with Gasteiger partial charge in [-0.1, -0.05) is 6.58 Å². The number of carbonyl (C=O) groups excluding carboxylic acids is 1. The number of amides is 1. The number of anilines is 4. The number of aromatic nitrogens is 3. The van der Waals surface area contributed by atoms with Crippen molar-refractivity contribution in [2.45, 2.75) is 30.7 Å². The Labute approximate surface area is 266 Å². The van der Waals surface area contributed by atoms with E-state index in [0.29, 0.717) is 41.2 Å². The fraction of sp³-hybridized carbons (Fsp3) is 0.312. The van der Waals surface area contributed by atoms with Crippen LogP contribution in [-0.2, 0) is 4.79 Å². The van der Waals surface area contributed by atoms with Crippen LogP contribution in [0.5, 0.6) is 17.2 Å². The third-order valence-electron chi connectivity index (χ3n) is 8.20. The molecule has 0 atom stereocenters. The van der Waals surface area contributed by atoms with Gasteiger partial charge in [-0.2, -0.15) is 13.2 Å². The number of nitrogens with zero attached hydrogens (tertiary/aromatic N) is 5. The van der Waals surface area contributed by atoms with Crippen LogP contribution < -0.4 is 25.0 Å². The second kappa shape index (κ2) is 12.5. The summed E-state index contributed by atoms with van der Waals surface area (Å²) in [5.74, 6) is 0.748. The number of ether oxygens (including phenoxy) is 2. The number of pyridine rings is 1.